The van der Waals surface area contributed by atoms with E-state index >= 15 is 0 Å². The molecule has 1 aliphatic heterocycles. The summed E-state index contributed by atoms with van der Waals surface area (Å²) in [7, 11) is 0. The lowest BCUT2D eigenvalue weighted by Crippen LogP contribution is -2.23. The molecule has 0 radical (unpaired) electrons. The molecule has 0 N–H and O–H groups in total. The molecule has 0 atom stereocenters. The summed E-state index contributed by atoms with van der Waals surface area (Å²) in [4.78, 5) is 42.3. The smallest absolute Gasteiger partial charge is 0.312 e. The summed E-state index contributed by atoms with van der Waals surface area (Å²) in [5, 5.41) is 0.519. The van der Waals surface area contributed by atoms with Crippen LogP contribution in [0.15, 0.2) is 59.7 Å². The van der Waals surface area contributed by atoms with Crippen LogP contribution in [-0.4, -0.2) is 28.0 Å². The molecule has 0 spiro atoms. The maximum absolute atomic E-state index is 12.4. The Hall–Kier alpha value is -3.48. The topological polar surface area (TPSA) is 81.5 Å². The van der Waals surface area contributed by atoms with Gasteiger partial charge in [-0.2, -0.15) is 0 Å². The number of esters is 1. The van der Waals surface area contributed by atoms with Crippen LogP contribution in [-0.2, 0) is 16.1 Å². The normalized spacial score (nSPS) is 13.9. The molecular formula is C21H19N3O4. The second kappa shape index (κ2) is 7.64. The molecule has 0 saturated carbocycles. The maximum atomic E-state index is 12.4. The van der Waals surface area contributed by atoms with Crippen LogP contribution in [0.25, 0.3) is 10.9 Å². The molecule has 28 heavy (non-hydrogen) atoms. The van der Waals surface area contributed by atoms with Gasteiger partial charge in [-0.25, -0.2) is 4.98 Å². The Morgan fingerprint density at radius 1 is 1.07 bits per heavy atom. The Balaban J connectivity index is 1.38. The summed E-state index contributed by atoms with van der Waals surface area (Å²) in [6.07, 6.45) is 2.92. The van der Waals surface area contributed by atoms with Crippen molar-refractivity contribution >= 4 is 28.5 Å². The number of aromatic nitrogens is 2. The van der Waals surface area contributed by atoms with E-state index in [2.05, 4.69) is 4.98 Å². The lowest BCUT2D eigenvalue weighted by atomic mass is 10.2. The average Bonchev–Trinajstić information content (AvgIpc) is 3.14. The van der Waals surface area contributed by atoms with Crippen molar-refractivity contribution in [2.75, 3.05) is 11.4 Å². The van der Waals surface area contributed by atoms with Gasteiger partial charge in [0.1, 0.15) is 5.75 Å². The zero-order valence-electron chi connectivity index (χ0n) is 15.2. The van der Waals surface area contributed by atoms with Crippen molar-refractivity contribution in [2.24, 2.45) is 0 Å². The molecule has 1 fully saturated rings. The standard InChI is InChI=1S/C21H19N3O4/c25-19-6-3-12-24(19)15-7-9-16(10-8-15)28-20(26)11-13-23-14-22-18-5-2-1-4-17(18)21(23)27/h1-2,4-5,7-10,14H,3,6,11-13H2. The Bertz CT molecular complexity index is 1090. The van der Waals surface area contributed by atoms with Crippen LogP contribution < -0.4 is 15.2 Å². The Morgan fingerprint density at radius 3 is 2.61 bits per heavy atom. The van der Waals surface area contributed by atoms with Crippen molar-refractivity contribution in [3.05, 3.63) is 65.2 Å². The third-order valence-corrected chi connectivity index (χ3v) is 4.74. The van der Waals surface area contributed by atoms with Gasteiger partial charge in [0.15, 0.2) is 0 Å². The van der Waals surface area contributed by atoms with Crippen LogP contribution in [0, 0.1) is 0 Å². The van der Waals surface area contributed by atoms with Crippen molar-refractivity contribution in [1.29, 1.82) is 0 Å². The zero-order chi connectivity index (χ0) is 19.5. The fourth-order valence-electron chi connectivity index (χ4n) is 3.27. The van der Waals surface area contributed by atoms with E-state index in [1.165, 1.54) is 10.9 Å². The van der Waals surface area contributed by atoms with E-state index in [0.29, 0.717) is 29.6 Å². The summed E-state index contributed by atoms with van der Waals surface area (Å²) in [6.45, 7) is 0.905. The average molecular weight is 377 g/mol. The summed E-state index contributed by atoms with van der Waals surface area (Å²) in [5.41, 5.74) is 1.25. The molecular weight excluding hydrogens is 358 g/mol. The minimum Gasteiger partial charge on any atom is -0.426 e. The number of para-hydroxylation sites is 1. The second-order valence-corrected chi connectivity index (χ2v) is 6.63. The van der Waals surface area contributed by atoms with Crippen LogP contribution >= 0.6 is 0 Å². The number of hydrogen-bond donors (Lipinski definition) is 0. The molecule has 1 aliphatic rings. The van der Waals surface area contributed by atoms with Crippen LogP contribution in [0.1, 0.15) is 19.3 Å². The number of benzene rings is 2. The number of carbonyl (C=O) groups is 2. The van der Waals surface area contributed by atoms with Crippen LogP contribution in [0.2, 0.25) is 0 Å². The number of carbonyl (C=O) groups excluding carboxylic acids is 2. The molecule has 2 aromatic carbocycles. The van der Waals surface area contributed by atoms with Gasteiger partial charge in [-0.3, -0.25) is 19.0 Å². The molecule has 7 nitrogen and oxygen atoms in total. The number of ether oxygens (including phenoxy) is 1. The fourth-order valence-corrected chi connectivity index (χ4v) is 3.27. The molecule has 3 aromatic rings. The van der Waals surface area contributed by atoms with Crippen molar-refractivity contribution in [3.8, 4) is 5.75 Å². The number of hydrogen-bond acceptors (Lipinski definition) is 5. The van der Waals surface area contributed by atoms with E-state index in [9.17, 15) is 14.4 Å². The number of rotatable bonds is 5. The van der Waals surface area contributed by atoms with E-state index < -0.39 is 5.97 Å². The fraction of sp³-hybridized carbons (Fsp3) is 0.238. The van der Waals surface area contributed by atoms with Gasteiger partial charge in [0.05, 0.1) is 23.7 Å². The highest BCUT2D eigenvalue weighted by Gasteiger charge is 2.21. The van der Waals surface area contributed by atoms with E-state index in [0.717, 1.165) is 12.1 Å². The highest BCUT2D eigenvalue weighted by atomic mass is 16.5. The highest BCUT2D eigenvalue weighted by molar-refractivity contribution is 5.95. The maximum Gasteiger partial charge on any atom is 0.312 e. The largest absolute Gasteiger partial charge is 0.426 e. The third-order valence-electron chi connectivity index (χ3n) is 4.74. The first-order chi connectivity index (χ1) is 13.6. The Morgan fingerprint density at radius 2 is 1.86 bits per heavy atom. The molecule has 0 aliphatic carbocycles. The van der Waals surface area contributed by atoms with Crippen LogP contribution in [0.5, 0.6) is 5.75 Å². The Kier molecular flexibility index (Phi) is 4.89. The van der Waals surface area contributed by atoms with Crippen molar-refractivity contribution in [1.82, 2.24) is 9.55 Å². The van der Waals surface area contributed by atoms with Gasteiger partial charge in [0, 0.05) is 25.2 Å². The van der Waals surface area contributed by atoms with Gasteiger partial charge >= 0.3 is 5.97 Å². The van der Waals surface area contributed by atoms with Gasteiger partial charge in [-0.1, -0.05) is 12.1 Å². The van der Waals surface area contributed by atoms with Crippen molar-refractivity contribution in [3.63, 3.8) is 0 Å². The lowest BCUT2D eigenvalue weighted by molar-refractivity contribution is -0.134. The van der Waals surface area contributed by atoms with Gasteiger partial charge in [0.25, 0.3) is 5.56 Å². The molecule has 0 bridgehead atoms. The third kappa shape index (κ3) is 3.64. The monoisotopic (exact) mass is 377 g/mol. The molecule has 142 valence electrons. The first-order valence-corrected chi connectivity index (χ1v) is 9.17. The minimum absolute atomic E-state index is 0.0479. The second-order valence-electron chi connectivity index (χ2n) is 6.63. The molecule has 2 heterocycles. The molecule has 1 saturated heterocycles. The molecule has 0 unspecified atom stereocenters. The summed E-state index contributed by atoms with van der Waals surface area (Å²) in [5.74, 6) is 0.0774. The predicted molar refractivity (Wildman–Crippen MR) is 104 cm³/mol. The lowest BCUT2D eigenvalue weighted by Gasteiger charge is -2.15. The number of nitrogens with zero attached hydrogens (tertiary/aromatic N) is 3. The van der Waals surface area contributed by atoms with Crippen LogP contribution in [0.3, 0.4) is 0 Å². The van der Waals surface area contributed by atoms with E-state index in [4.69, 9.17) is 4.74 Å². The molecule has 4 rings (SSSR count). The van der Waals surface area contributed by atoms with E-state index in [-0.39, 0.29) is 24.4 Å². The van der Waals surface area contributed by atoms with Crippen molar-refractivity contribution < 1.29 is 14.3 Å². The SMILES string of the molecule is O=C(CCn1cnc2ccccc2c1=O)Oc1ccc(N2CCCC2=O)cc1. The summed E-state index contributed by atoms with van der Waals surface area (Å²) in [6, 6.07) is 14.0. The summed E-state index contributed by atoms with van der Waals surface area (Å²) >= 11 is 0. The summed E-state index contributed by atoms with van der Waals surface area (Å²) < 4.78 is 6.74. The van der Waals surface area contributed by atoms with Gasteiger partial charge in [0.2, 0.25) is 5.91 Å². The molecule has 7 heteroatoms. The van der Waals surface area contributed by atoms with E-state index in [1.807, 2.05) is 6.07 Å². The number of anilines is 1. The number of amides is 1. The predicted octanol–water partition coefficient (Wildman–Crippen LogP) is 2.52. The molecule has 1 aromatic heterocycles. The van der Waals surface area contributed by atoms with E-state index in [1.54, 1.807) is 47.4 Å². The zero-order valence-corrected chi connectivity index (χ0v) is 15.2. The first-order valence-electron chi connectivity index (χ1n) is 9.17. The van der Waals surface area contributed by atoms with Crippen LogP contribution in [0.4, 0.5) is 5.69 Å². The van der Waals surface area contributed by atoms with Gasteiger partial charge in [-0.05, 0) is 42.8 Å². The van der Waals surface area contributed by atoms with Gasteiger partial charge in [-0.15, -0.1) is 0 Å². The highest BCUT2D eigenvalue weighted by Crippen LogP contribution is 2.24. The number of fused-ring (bicyclic) bond motifs is 1. The molecule has 1 amide bonds. The first kappa shape index (κ1) is 17.9. The minimum atomic E-state index is -0.440. The quantitative estimate of drug-likeness (QED) is 0.504. The number of aryl methyl sites for hydroxylation is 1. The van der Waals surface area contributed by atoms with Crippen molar-refractivity contribution in [2.45, 2.75) is 25.8 Å². The van der Waals surface area contributed by atoms with Gasteiger partial charge < -0.3 is 9.64 Å². The Labute approximate surface area is 161 Å².